The summed E-state index contributed by atoms with van der Waals surface area (Å²) in [7, 11) is 0. The number of hydrogen-bond acceptors (Lipinski definition) is 3. The van der Waals surface area contributed by atoms with Gasteiger partial charge in [-0.25, -0.2) is 4.98 Å². The fourth-order valence-electron chi connectivity index (χ4n) is 2.48. The van der Waals surface area contributed by atoms with Gasteiger partial charge >= 0.3 is 0 Å². The van der Waals surface area contributed by atoms with Crippen molar-refractivity contribution < 1.29 is 9.90 Å². The summed E-state index contributed by atoms with van der Waals surface area (Å²) >= 11 is 0. The molecular weight excluding hydrogens is 276 g/mol. The van der Waals surface area contributed by atoms with Crippen molar-refractivity contribution >= 4 is 16.8 Å². The van der Waals surface area contributed by atoms with E-state index in [0.717, 1.165) is 27.7 Å². The Hall–Kier alpha value is -2.72. The second-order valence-corrected chi connectivity index (χ2v) is 5.17. The highest BCUT2D eigenvalue weighted by Crippen LogP contribution is 2.25. The lowest BCUT2D eigenvalue weighted by Crippen LogP contribution is -2.30. The lowest BCUT2D eigenvalue weighted by molar-refractivity contribution is -0.125. The van der Waals surface area contributed by atoms with Crippen molar-refractivity contribution in [1.82, 2.24) is 4.98 Å². The number of primary amides is 1. The molecule has 0 bridgehead atoms. The highest BCUT2D eigenvalue weighted by Gasteiger charge is 2.15. The van der Waals surface area contributed by atoms with Crippen LogP contribution in [0.4, 0.5) is 0 Å². The number of pyridine rings is 1. The second kappa shape index (κ2) is 5.95. The zero-order valence-corrected chi connectivity index (χ0v) is 11.9. The number of hydrogen-bond donors (Lipinski definition) is 2. The van der Waals surface area contributed by atoms with Crippen LogP contribution < -0.4 is 5.73 Å². The molecule has 3 rings (SSSR count). The molecule has 1 amide bonds. The van der Waals surface area contributed by atoms with Crippen LogP contribution >= 0.6 is 0 Å². The Morgan fingerprint density at radius 3 is 2.50 bits per heavy atom. The maximum Gasteiger partial charge on any atom is 0.246 e. The van der Waals surface area contributed by atoms with Crippen LogP contribution in [0.15, 0.2) is 60.7 Å². The van der Waals surface area contributed by atoms with E-state index < -0.39 is 12.0 Å². The Bertz CT molecular complexity index is 816. The van der Waals surface area contributed by atoms with Crippen LogP contribution in [0, 0.1) is 0 Å². The molecule has 4 nitrogen and oxygen atoms in total. The topological polar surface area (TPSA) is 76.2 Å². The standard InChI is InChI=1S/C18H16N2O2/c19-18(22)17(21)11-13-10-16(12-6-2-1-3-7-12)20-15-9-5-4-8-14(13)15/h1-10,17,21H,11H2,(H2,19,22). The normalized spacial score (nSPS) is 12.2. The van der Waals surface area contributed by atoms with Crippen molar-refractivity contribution in [1.29, 1.82) is 0 Å². The molecular formula is C18H16N2O2. The molecule has 0 aliphatic carbocycles. The number of benzene rings is 2. The summed E-state index contributed by atoms with van der Waals surface area (Å²) in [5.41, 5.74) is 8.66. The lowest BCUT2D eigenvalue weighted by atomic mass is 9.99. The van der Waals surface area contributed by atoms with Crippen molar-refractivity contribution in [2.45, 2.75) is 12.5 Å². The molecule has 0 aliphatic rings. The maximum absolute atomic E-state index is 11.2. The Morgan fingerprint density at radius 2 is 1.77 bits per heavy atom. The van der Waals surface area contributed by atoms with Crippen molar-refractivity contribution in [2.24, 2.45) is 5.73 Å². The van der Waals surface area contributed by atoms with E-state index in [1.807, 2.05) is 60.7 Å². The van der Waals surface area contributed by atoms with Gasteiger partial charge in [-0.3, -0.25) is 4.79 Å². The van der Waals surface area contributed by atoms with Crippen LogP contribution in [-0.2, 0) is 11.2 Å². The largest absolute Gasteiger partial charge is 0.383 e. The molecule has 1 heterocycles. The molecule has 3 N–H and O–H groups in total. The van der Waals surface area contributed by atoms with Gasteiger partial charge in [0.1, 0.15) is 6.10 Å². The van der Waals surface area contributed by atoms with Gasteiger partial charge in [0, 0.05) is 17.4 Å². The first kappa shape index (κ1) is 14.2. The van der Waals surface area contributed by atoms with E-state index in [2.05, 4.69) is 4.98 Å². The van der Waals surface area contributed by atoms with E-state index >= 15 is 0 Å². The van der Waals surface area contributed by atoms with Crippen LogP contribution in [0.1, 0.15) is 5.56 Å². The first-order valence-electron chi connectivity index (χ1n) is 7.06. The predicted molar refractivity (Wildman–Crippen MR) is 86.1 cm³/mol. The highest BCUT2D eigenvalue weighted by molar-refractivity contribution is 5.86. The van der Waals surface area contributed by atoms with E-state index in [-0.39, 0.29) is 6.42 Å². The number of nitrogens with two attached hydrogens (primary N) is 1. The SMILES string of the molecule is NC(=O)C(O)Cc1cc(-c2ccccc2)nc2ccccc12. The maximum atomic E-state index is 11.2. The van der Waals surface area contributed by atoms with Crippen molar-refractivity contribution in [3.05, 3.63) is 66.2 Å². The Balaban J connectivity index is 2.14. The van der Waals surface area contributed by atoms with Crippen LogP contribution in [0.25, 0.3) is 22.2 Å². The number of amides is 1. The Labute approximate surface area is 128 Å². The summed E-state index contributed by atoms with van der Waals surface area (Å²) < 4.78 is 0. The molecule has 110 valence electrons. The molecule has 1 aromatic heterocycles. The molecule has 1 unspecified atom stereocenters. The smallest absolute Gasteiger partial charge is 0.246 e. The molecule has 3 aromatic rings. The zero-order chi connectivity index (χ0) is 15.5. The van der Waals surface area contributed by atoms with E-state index in [1.165, 1.54) is 0 Å². The van der Waals surface area contributed by atoms with Crippen LogP contribution in [0.3, 0.4) is 0 Å². The van der Waals surface area contributed by atoms with Gasteiger partial charge in [-0.05, 0) is 17.7 Å². The molecule has 0 saturated carbocycles. The van der Waals surface area contributed by atoms with Gasteiger partial charge in [0.15, 0.2) is 0 Å². The minimum Gasteiger partial charge on any atom is -0.383 e. The average Bonchev–Trinajstić information content (AvgIpc) is 2.55. The Morgan fingerprint density at radius 1 is 1.09 bits per heavy atom. The van der Waals surface area contributed by atoms with Gasteiger partial charge in [0.05, 0.1) is 11.2 Å². The number of fused-ring (bicyclic) bond motifs is 1. The number of aliphatic hydroxyl groups is 1. The molecule has 0 fully saturated rings. The summed E-state index contributed by atoms with van der Waals surface area (Å²) in [4.78, 5) is 15.8. The molecule has 22 heavy (non-hydrogen) atoms. The number of nitrogens with zero attached hydrogens (tertiary/aromatic N) is 1. The summed E-state index contributed by atoms with van der Waals surface area (Å²) in [6.07, 6.45) is -1.02. The fourth-order valence-corrected chi connectivity index (χ4v) is 2.48. The first-order chi connectivity index (χ1) is 10.6. The van der Waals surface area contributed by atoms with Crippen LogP contribution in [-0.4, -0.2) is 22.1 Å². The van der Waals surface area contributed by atoms with Gasteiger partial charge in [-0.1, -0.05) is 48.5 Å². The van der Waals surface area contributed by atoms with Gasteiger partial charge in [-0.2, -0.15) is 0 Å². The van der Waals surface area contributed by atoms with Crippen molar-refractivity contribution in [3.8, 4) is 11.3 Å². The minimum atomic E-state index is -1.20. The summed E-state index contributed by atoms with van der Waals surface area (Å²) in [5, 5.41) is 10.7. The number of aliphatic hydroxyl groups excluding tert-OH is 1. The summed E-state index contributed by atoms with van der Waals surface area (Å²) in [6.45, 7) is 0. The predicted octanol–water partition coefficient (Wildman–Crippen LogP) is 2.29. The first-order valence-corrected chi connectivity index (χ1v) is 7.06. The van der Waals surface area contributed by atoms with Crippen molar-refractivity contribution in [2.75, 3.05) is 0 Å². The van der Waals surface area contributed by atoms with E-state index in [9.17, 15) is 9.90 Å². The molecule has 0 radical (unpaired) electrons. The van der Waals surface area contributed by atoms with Crippen molar-refractivity contribution in [3.63, 3.8) is 0 Å². The van der Waals surface area contributed by atoms with E-state index in [4.69, 9.17) is 5.73 Å². The summed E-state index contributed by atoms with van der Waals surface area (Å²) in [5.74, 6) is -0.720. The highest BCUT2D eigenvalue weighted by atomic mass is 16.3. The molecule has 1 atom stereocenters. The van der Waals surface area contributed by atoms with Gasteiger partial charge in [-0.15, -0.1) is 0 Å². The third-order valence-corrected chi connectivity index (χ3v) is 3.61. The third kappa shape index (κ3) is 2.82. The van der Waals surface area contributed by atoms with E-state index in [1.54, 1.807) is 0 Å². The van der Waals surface area contributed by atoms with Gasteiger partial charge < -0.3 is 10.8 Å². The van der Waals surface area contributed by atoms with E-state index in [0.29, 0.717) is 0 Å². The number of carbonyl (C=O) groups excluding carboxylic acids is 1. The Kier molecular flexibility index (Phi) is 3.85. The number of aromatic nitrogens is 1. The quantitative estimate of drug-likeness (QED) is 0.774. The zero-order valence-electron chi connectivity index (χ0n) is 11.9. The molecule has 0 saturated heterocycles. The van der Waals surface area contributed by atoms with Gasteiger partial charge in [0.2, 0.25) is 5.91 Å². The summed E-state index contributed by atoms with van der Waals surface area (Å²) in [6, 6.07) is 19.4. The molecule has 4 heteroatoms. The van der Waals surface area contributed by atoms with Gasteiger partial charge in [0.25, 0.3) is 0 Å². The number of para-hydroxylation sites is 1. The monoisotopic (exact) mass is 292 g/mol. The number of rotatable bonds is 4. The average molecular weight is 292 g/mol. The third-order valence-electron chi connectivity index (χ3n) is 3.61. The number of carbonyl (C=O) groups is 1. The fraction of sp³-hybridized carbons (Fsp3) is 0.111. The molecule has 0 spiro atoms. The molecule has 2 aromatic carbocycles. The van der Waals surface area contributed by atoms with Crippen LogP contribution in [0.2, 0.25) is 0 Å². The van der Waals surface area contributed by atoms with Crippen LogP contribution in [0.5, 0.6) is 0 Å². The second-order valence-electron chi connectivity index (χ2n) is 5.17. The molecule has 0 aliphatic heterocycles. The minimum absolute atomic E-state index is 0.179. The lowest BCUT2D eigenvalue weighted by Gasteiger charge is -2.12.